The predicted octanol–water partition coefficient (Wildman–Crippen LogP) is 5.89. The summed E-state index contributed by atoms with van der Waals surface area (Å²) < 4.78 is 29.6. The van der Waals surface area contributed by atoms with E-state index in [1.807, 2.05) is 101 Å². The normalized spacial score (nSPS) is 11.9. The second kappa shape index (κ2) is 14.4. The number of rotatable bonds is 12. The first kappa shape index (κ1) is 32.5. The van der Waals surface area contributed by atoms with Crippen molar-refractivity contribution in [2.24, 2.45) is 0 Å². The van der Waals surface area contributed by atoms with Gasteiger partial charge in [0.25, 0.3) is 10.0 Å². The maximum Gasteiger partial charge on any atom is 0.264 e. The minimum absolute atomic E-state index is 0.0888. The summed E-state index contributed by atoms with van der Waals surface area (Å²) in [5.41, 5.74) is 5.78. The Morgan fingerprint density at radius 1 is 0.773 bits per heavy atom. The minimum Gasteiger partial charge on any atom is -0.355 e. The molecule has 1 N–H and O–H groups in total. The van der Waals surface area contributed by atoms with Crippen molar-refractivity contribution in [1.29, 1.82) is 0 Å². The highest BCUT2D eigenvalue weighted by atomic mass is 32.2. The fourth-order valence-corrected chi connectivity index (χ4v) is 6.73. The summed E-state index contributed by atoms with van der Waals surface area (Å²) in [5.74, 6) is -0.770. The Kier molecular flexibility index (Phi) is 10.6. The number of anilines is 1. The van der Waals surface area contributed by atoms with Crippen molar-refractivity contribution in [1.82, 2.24) is 10.2 Å². The van der Waals surface area contributed by atoms with Crippen molar-refractivity contribution in [3.63, 3.8) is 0 Å². The average molecular weight is 612 g/mol. The molecule has 8 heteroatoms. The first-order chi connectivity index (χ1) is 21.0. The molecule has 4 aromatic rings. The molecule has 4 rings (SSSR count). The molecular formula is C36H41N3O4S. The van der Waals surface area contributed by atoms with Crippen molar-refractivity contribution in [2.45, 2.75) is 58.5 Å². The number of carbonyl (C=O) groups excluding carboxylic acids is 2. The molecule has 0 aromatic heterocycles. The lowest BCUT2D eigenvalue weighted by atomic mass is 10.0. The van der Waals surface area contributed by atoms with Gasteiger partial charge in [-0.25, -0.2) is 8.42 Å². The van der Waals surface area contributed by atoms with E-state index in [2.05, 4.69) is 5.32 Å². The number of hydrogen-bond acceptors (Lipinski definition) is 4. The molecule has 44 heavy (non-hydrogen) atoms. The van der Waals surface area contributed by atoms with Crippen LogP contribution in [0.15, 0.2) is 102 Å². The fraction of sp³-hybridized carbons (Fsp3) is 0.278. The number of likely N-dealkylation sites (N-methyl/N-ethyl adjacent to an activating group) is 1. The molecule has 0 bridgehead atoms. The molecule has 7 nitrogen and oxygen atoms in total. The number of carbonyl (C=O) groups is 2. The van der Waals surface area contributed by atoms with Crippen LogP contribution in [0, 0.1) is 27.7 Å². The van der Waals surface area contributed by atoms with Gasteiger partial charge in [0.05, 0.1) is 10.6 Å². The molecule has 0 radical (unpaired) electrons. The van der Waals surface area contributed by atoms with E-state index in [1.54, 1.807) is 30.3 Å². The lowest BCUT2D eigenvalue weighted by molar-refractivity contribution is -0.140. The van der Waals surface area contributed by atoms with E-state index >= 15 is 0 Å². The molecule has 0 saturated heterocycles. The third kappa shape index (κ3) is 7.74. The zero-order valence-corrected chi connectivity index (χ0v) is 26.9. The van der Waals surface area contributed by atoms with Crippen molar-refractivity contribution < 1.29 is 18.0 Å². The molecule has 0 fully saturated rings. The van der Waals surface area contributed by atoms with Crippen LogP contribution in [0.4, 0.5) is 5.69 Å². The van der Waals surface area contributed by atoms with Crippen LogP contribution >= 0.6 is 0 Å². The molecule has 0 aliphatic carbocycles. The van der Waals surface area contributed by atoms with E-state index in [1.165, 1.54) is 9.21 Å². The number of nitrogens with zero attached hydrogens (tertiary/aromatic N) is 2. The van der Waals surface area contributed by atoms with E-state index in [0.717, 1.165) is 33.4 Å². The third-order valence-corrected chi connectivity index (χ3v) is 9.51. The van der Waals surface area contributed by atoms with Gasteiger partial charge in [-0.3, -0.25) is 13.9 Å². The monoisotopic (exact) mass is 611 g/mol. The van der Waals surface area contributed by atoms with Gasteiger partial charge in [0, 0.05) is 19.5 Å². The molecule has 1 atom stereocenters. The molecule has 230 valence electrons. The molecule has 0 saturated carbocycles. The summed E-state index contributed by atoms with van der Waals surface area (Å²) in [4.78, 5) is 29.8. The summed E-state index contributed by atoms with van der Waals surface area (Å²) in [6, 6.07) is 28.4. The van der Waals surface area contributed by atoms with Crippen LogP contribution in [0.3, 0.4) is 0 Å². The van der Waals surface area contributed by atoms with E-state index in [-0.39, 0.29) is 23.8 Å². The zero-order chi connectivity index (χ0) is 31.9. The first-order valence-corrected chi connectivity index (χ1v) is 16.3. The van der Waals surface area contributed by atoms with Gasteiger partial charge in [0.2, 0.25) is 11.8 Å². The Morgan fingerprint density at radius 2 is 1.41 bits per heavy atom. The van der Waals surface area contributed by atoms with Crippen LogP contribution in [0.1, 0.15) is 40.3 Å². The lowest BCUT2D eigenvalue weighted by Crippen LogP contribution is -2.53. The minimum atomic E-state index is -4.15. The van der Waals surface area contributed by atoms with Gasteiger partial charge in [-0.05, 0) is 75.1 Å². The van der Waals surface area contributed by atoms with E-state index in [4.69, 9.17) is 0 Å². The molecular weight excluding hydrogens is 570 g/mol. The van der Waals surface area contributed by atoms with Crippen LogP contribution in [-0.4, -0.2) is 44.3 Å². The SMILES string of the molecule is CCNC(=O)[C@H](Cc1ccccc1)N(Cc1ccccc1C)C(=O)CN(c1ccc(C)cc1C)S(=O)(=O)c1ccc(C)cc1. The van der Waals surface area contributed by atoms with Gasteiger partial charge in [-0.1, -0.05) is 90.0 Å². The summed E-state index contributed by atoms with van der Waals surface area (Å²) >= 11 is 0. The van der Waals surface area contributed by atoms with Crippen LogP contribution in [0.25, 0.3) is 0 Å². The topological polar surface area (TPSA) is 86.8 Å². The predicted molar refractivity (Wildman–Crippen MR) is 176 cm³/mol. The lowest BCUT2D eigenvalue weighted by Gasteiger charge is -2.34. The van der Waals surface area contributed by atoms with Gasteiger partial charge in [-0.15, -0.1) is 0 Å². The van der Waals surface area contributed by atoms with Gasteiger partial charge in [0.1, 0.15) is 12.6 Å². The number of hydrogen-bond donors (Lipinski definition) is 1. The first-order valence-electron chi connectivity index (χ1n) is 14.8. The standard InChI is InChI=1S/C36H41N3O4S/c1-6-37-36(41)34(23-30-13-8-7-9-14-30)38(24-31-15-11-10-12-28(31)4)35(40)25-39(33-21-18-27(3)22-29(33)5)44(42,43)32-19-16-26(2)17-20-32/h7-22,34H,6,23-25H2,1-5H3,(H,37,41)/t34-/m0/s1. The number of benzene rings is 4. The van der Waals surface area contributed by atoms with Crippen molar-refractivity contribution >= 4 is 27.5 Å². The smallest absolute Gasteiger partial charge is 0.264 e. The van der Waals surface area contributed by atoms with Gasteiger partial charge in [0.15, 0.2) is 0 Å². The third-order valence-electron chi connectivity index (χ3n) is 7.73. The maximum atomic E-state index is 14.5. The quantitative estimate of drug-likeness (QED) is 0.216. The highest BCUT2D eigenvalue weighted by Crippen LogP contribution is 2.29. The molecule has 0 aliphatic heterocycles. The van der Waals surface area contributed by atoms with Gasteiger partial charge >= 0.3 is 0 Å². The molecule has 0 heterocycles. The van der Waals surface area contributed by atoms with Crippen molar-refractivity contribution in [3.8, 4) is 0 Å². The Bertz CT molecular complexity index is 1700. The number of amides is 2. The molecule has 2 amide bonds. The molecule has 0 unspecified atom stereocenters. The van der Waals surface area contributed by atoms with Crippen molar-refractivity contribution in [3.05, 3.63) is 130 Å². The highest BCUT2D eigenvalue weighted by Gasteiger charge is 2.35. The number of aryl methyl sites for hydroxylation is 4. The Hall–Kier alpha value is -4.43. The van der Waals surface area contributed by atoms with Crippen LogP contribution in [0.5, 0.6) is 0 Å². The van der Waals surface area contributed by atoms with Crippen LogP contribution < -0.4 is 9.62 Å². The van der Waals surface area contributed by atoms with E-state index in [0.29, 0.717) is 12.2 Å². The molecule has 0 spiro atoms. The van der Waals surface area contributed by atoms with Gasteiger partial charge in [-0.2, -0.15) is 0 Å². The summed E-state index contributed by atoms with van der Waals surface area (Å²) in [6.45, 7) is 9.52. The second-order valence-corrected chi connectivity index (χ2v) is 13.0. The van der Waals surface area contributed by atoms with E-state index in [9.17, 15) is 18.0 Å². The van der Waals surface area contributed by atoms with Gasteiger partial charge < -0.3 is 10.2 Å². The maximum absolute atomic E-state index is 14.5. The number of nitrogens with one attached hydrogen (secondary N) is 1. The van der Waals surface area contributed by atoms with Crippen LogP contribution in [-0.2, 0) is 32.6 Å². The fourth-order valence-electron chi connectivity index (χ4n) is 5.25. The Labute approximate surface area is 261 Å². The van der Waals surface area contributed by atoms with Crippen molar-refractivity contribution in [2.75, 3.05) is 17.4 Å². The van der Waals surface area contributed by atoms with E-state index < -0.39 is 28.5 Å². The zero-order valence-electron chi connectivity index (χ0n) is 26.1. The number of sulfonamides is 1. The summed E-state index contributed by atoms with van der Waals surface area (Å²) in [5, 5.41) is 2.90. The average Bonchev–Trinajstić information content (AvgIpc) is 2.99. The second-order valence-electron chi connectivity index (χ2n) is 11.2. The largest absolute Gasteiger partial charge is 0.355 e. The summed E-state index contributed by atoms with van der Waals surface area (Å²) in [6.07, 6.45) is 0.276. The van der Waals surface area contributed by atoms with Crippen LogP contribution in [0.2, 0.25) is 0 Å². The highest BCUT2D eigenvalue weighted by molar-refractivity contribution is 7.92. The molecule has 4 aromatic carbocycles. The molecule has 0 aliphatic rings. The Morgan fingerprint density at radius 3 is 2.05 bits per heavy atom. The summed E-state index contributed by atoms with van der Waals surface area (Å²) in [7, 11) is -4.15. The Balaban J connectivity index is 1.83.